The smallest absolute Gasteiger partial charge is 0.293 e. The fraction of sp³-hybridized carbons (Fsp3) is 0.455. The Bertz CT molecular complexity index is 405. The van der Waals surface area contributed by atoms with Gasteiger partial charge in [-0.2, -0.15) is 0 Å². The zero-order valence-electron chi connectivity index (χ0n) is 9.58. The molecule has 0 saturated carbocycles. The van der Waals surface area contributed by atoms with Crippen molar-refractivity contribution in [3.8, 4) is 0 Å². The second-order valence-electron chi connectivity index (χ2n) is 4.15. The zero-order chi connectivity index (χ0) is 12.3. The van der Waals surface area contributed by atoms with E-state index in [-0.39, 0.29) is 10.6 Å². The maximum Gasteiger partial charge on any atom is 0.293 e. The Kier molecular flexibility index (Phi) is 4.29. The van der Waals surface area contributed by atoms with Crippen LogP contribution in [-0.2, 0) is 0 Å². The molecule has 4 nitrogen and oxygen atoms in total. The van der Waals surface area contributed by atoms with Gasteiger partial charge in [-0.1, -0.05) is 29.8 Å². The number of hydrogen-bond acceptors (Lipinski definition) is 3. The van der Waals surface area contributed by atoms with Crippen molar-refractivity contribution in [2.24, 2.45) is 5.92 Å². The van der Waals surface area contributed by atoms with E-state index in [9.17, 15) is 10.1 Å². The number of rotatable bonds is 4. The van der Waals surface area contributed by atoms with E-state index in [0.717, 1.165) is 16.6 Å². The van der Waals surface area contributed by atoms with Gasteiger partial charge in [-0.15, -0.1) is 0 Å². The molecular weight excluding hydrogens is 272 g/mol. The summed E-state index contributed by atoms with van der Waals surface area (Å²) in [6.45, 7) is 6.76. The number of nitrogens with one attached hydrogen (secondary N) is 1. The van der Waals surface area contributed by atoms with Crippen LogP contribution in [0.15, 0.2) is 16.6 Å². The van der Waals surface area contributed by atoms with Crippen molar-refractivity contribution in [3.05, 3.63) is 32.3 Å². The number of aryl methyl sites for hydroxylation is 1. The Labute approximate surface area is 103 Å². The minimum atomic E-state index is -0.368. The normalized spacial score (nSPS) is 10.6. The minimum absolute atomic E-state index is 0.109. The summed E-state index contributed by atoms with van der Waals surface area (Å²) in [5.41, 5.74) is 1.68. The predicted molar refractivity (Wildman–Crippen MR) is 68.9 cm³/mol. The molecule has 0 heterocycles. The minimum Gasteiger partial charge on any atom is -0.379 e. The molecule has 0 saturated heterocycles. The van der Waals surface area contributed by atoms with Gasteiger partial charge in [0, 0.05) is 17.1 Å². The van der Waals surface area contributed by atoms with E-state index in [2.05, 4.69) is 35.1 Å². The van der Waals surface area contributed by atoms with Gasteiger partial charge in [-0.3, -0.25) is 10.1 Å². The highest BCUT2D eigenvalue weighted by molar-refractivity contribution is 9.10. The first-order valence-corrected chi connectivity index (χ1v) is 5.89. The summed E-state index contributed by atoms with van der Waals surface area (Å²) in [6.07, 6.45) is 0. The van der Waals surface area contributed by atoms with Crippen LogP contribution >= 0.6 is 15.9 Å². The van der Waals surface area contributed by atoms with Crippen molar-refractivity contribution in [1.82, 2.24) is 0 Å². The summed E-state index contributed by atoms with van der Waals surface area (Å²) in [5.74, 6) is 0.448. The van der Waals surface area contributed by atoms with E-state index < -0.39 is 0 Å². The quantitative estimate of drug-likeness (QED) is 0.678. The van der Waals surface area contributed by atoms with Gasteiger partial charge in [0.15, 0.2) is 0 Å². The molecule has 1 rings (SSSR count). The first-order valence-electron chi connectivity index (χ1n) is 5.10. The van der Waals surface area contributed by atoms with Crippen molar-refractivity contribution in [3.63, 3.8) is 0 Å². The first kappa shape index (κ1) is 13.0. The van der Waals surface area contributed by atoms with Gasteiger partial charge < -0.3 is 5.32 Å². The third-order valence-corrected chi connectivity index (χ3v) is 3.03. The maximum atomic E-state index is 10.9. The van der Waals surface area contributed by atoms with Crippen molar-refractivity contribution in [2.45, 2.75) is 20.8 Å². The SMILES string of the molecule is Cc1cc(NCC(C)C)c([N+](=O)[O-])cc1Br. The third kappa shape index (κ3) is 3.20. The molecule has 88 valence electrons. The molecule has 0 aliphatic rings. The number of nitrogens with zero attached hydrogens (tertiary/aromatic N) is 1. The lowest BCUT2D eigenvalue weighted by molar-refractivity contribution is -0.384. The van der Waals surface area contributed by atoms with Gasteiger partial charge in [0.05, 0.1) is 4.92 Å². The number of nitro benzene ring substituents is 1. The summed E-state index contributed by atoms with van der Waals surface area (Å²) < 4.78 is 0.759. The second-order valence-corrected chi connectivity index (χ2v) is 5.00. The van der Waals surface area contributed by atoms with Crippen LogP contribution in [0.25, 0.3) is 0 Å². The molecule has 1 N–H and O–H groups in total. The number of halogens is 1. The van der Waals surface area contributed by atoms with E-state index in [1.807, 2.05) is 6.92 Å². The monoisotopic (exact) mass is 286 g/mol. The Morgan fingerprint density at radius 3 is 2.62 bits per heavy atom. The van der Waals surface area contributed by atoms with Crippen LogP contribution in [0.1, 0.15) is 19.4 Å². The molecule has 5 heteroatoms. The summed E-state index contributed by atoms with van der Waals surface area (Å²) in [4.78, 5) is 10.5. The Hall–Kier alpha value is -1.10. The standard InChI is InChI=1S/C11H15BrN2O2/c1-7(2)6-13-10-4-8(3)9(12)5-11(10)14(15)16/h4-5,7,13H,6H2,1-3H3. The van der Waals surface area contributed by atoms with Crippen LogP contribution < -0.4 is 5.32 Å². The van der Waals surface area contributed by atoms with Gasteiger partial charge >= 0.3 is 0 Å². The molecule has 0 fully saturated rings. The molecule has 0 radical (unpaired) electrons. The van der Waals surface area contributed by atoms with Gasteiger partial charge in [0.25, 0.3) is 5.69 Å². The second kappa shape index (κ2) is 5.30. The van der Waals surface area contributed by atoms with E-state index in [1.165, 1.54) is 6.07 Å². The highest BCUT2D eigenvalue weighted by Gasteiger charge is 2.15. The van der Waals surface area contributed by atoms with E-state index >= 15 is 0 Å². The first-order chi connectivity index (χ1) is 7.41. The Balaban J connectivity index is 3.05. The maximum absolute atomic E-state index is 10.9. The topological polar surface area (TPSA) is 55.2 Å². The Morgan fingerprint density at radius 2 is 2.12 bits per heavy atom. The van der Waals surface area contributed by atoms with Crippen LogP contribution in [0, 0.1) is 23.0 Å². The number of benzene rings is 1. The van der Waals surface area contributed by atoms with E-state index in [4.69, 9.17) is 0 Å². The van der Waals surface area contributed by atoms with E-state index in [0.29, 0.717) is 11.6 Å². The lowest BCUT2D eigenvalue weighted by Crippen LogP contribution is -2.09. The van der Waals surface area contributed by atoms with Gasteiger partial charge in [0.2, 0.25) is 0 Å². The average Bonchev–Trinajstić information content (AvgIpc) is 2.18. The van der Waals surface area contributed by atoms with Crippen molar-refractivity contribution in [1.29, 1.82) is 0 Å². The highest BCUT2D eigenvalue weighted by Crippen LogP contribution is 2.31. The van der Waals surface area contributed by atoms with Gasteiger partial charge in [-0.05, 0) is 24.5 Å². The fourth-order valence-electron chi connectivity index (χ4n) is 1.28. The number of nitro groups is 1. The number of anilines is 1. The predicted octanol–water partition coefficient (Wildman–Crippen LogP) is 3.73. The zero-order valence-corrected chi connectivity index (χ0v) is 11.2. The van der Waals surface area contributed by atoms with Crippen LogP contribution in [0.3, 0.4) is 0 Å². The molecule has 0 aliphatic heterocycles. The molecule has 0 spiro atoms. The van der Waals surface area contributed by atoms with Crippen LogP contribution in [0.2, 0.25) is 0 Å². The summed E-state index contributed by atoms with van der Waals surface area (Å²) >= 11 is 3.30. The molecule has 0 aromatic heterocycles. The molecule has 1 aromatic rings. The average molecular weight is 287 g/mol. The summed E-state index contributed by atoms with van der Waals surface area (Å²) in [7, 11) is 0. The molecule has 0 aliphatic carbocycles. The highest BCUT2D eigenvalue weighted by atomic mass is 79.9. The fourth-order valence-corrected chi connectivity index (χ4v) is 1.61. The molecular formula is C11H15BrN2O2. The lowest BCUT2D eigenvalue weighted by atomic mass is 10.1. The molecule has 0 amide bonds. The largest absolute Gasteiger partial charge is 0.379 e. The van der Waals surface area contributed by atoms with Crippen molar-refractivity contribution < 1.29 is 4.92 Å². The molecule has 16 heavy (non-hydrogen) atoms. The molecule has 0 bridgehead atoms. The number of hydrogen-bond donors (Lipinski definition) is 1. The van der Waals surface area contributed by atoms with Gasteiger partial charge in [-0.25, -0.2) is 0 Å². The van der Waals surface area contributed by atoms with Crippen molar-refractivity contribution >= 4 is 27.3 Å². The van der Waals surface area contributed by atoms with Crippen LogP contribution in [0.5, 0.6) is 0 Å². The molecule has 0 atom stereocenters. The van der Waals surface area contributed by atoms with E-state index in [1.54, 1.807) is 6.07 Å². The molecule has 1 aromatic carbocycles. The summed E-state index contributed by atoms with van der Waals surface area (Å²) in [6, 6.07) is 3.34. The van der Waals surface area contributed by atoms with Gasteiger partial charge in [0.1, 0.15) is 5.69 Å². The Morgan fingerprint density at radius 1 is 1.50 bits per heavy atom. The third-order valence-electron chi connectivity index (χ3n) is 2.17. The molecule has 0 unspecified atom stereocenters. The lowest BCUT2D eigenvalue weighted by Gasteiger charge is -2.10. The van der Waals surface area contributed by atoms with Crippen LogP contribution in [-0.4, -0.2) is 11.5 Å². The van der Waals surface area contributed by atoms with Crippen LogP contribution in [0.4, 0.5) is 11.4 Å². The summed E-state index contributed by atoms with van der Waals surface area (Å²) in [5, 5.41) is 14.0. The van der Waals surface area contributed by atoms with Crippen molar-refractivity contribution in [2.75, 3.05) is 11.9 Å².